The average molecular weight is 190 g/mol. The first-order valence-corrected chi connectivity index (χ1v) is 4.81. The Kier molecular flexibility index (Phi) is 1.98. The van der Waals surface area contributed by atoms with Crippen molar-refractivity contribution in [3.05, 3.63) is 17.8 Å². The van der Waals surface area contributed by atoms with Crippen molar-refractivity contribution in [3.8, 4) is 0 Å². The highest BCUT2D eigenvalue weighted by atomic mass is 15.3. The van der Waals surface area contributed by atoms with Crippen LogP contribution in [0.2, 0.25) is 0 Å². The van der Waals surface area contributed by atoms with E-state index in [1.807, 2.05) is 6.20 Å². The standard InChI is InChI=1S/C10H14N4/c1-4-10(2,3)7-5-8-9(11-6-7)13-14-12-8/h5-6H,4H2,1-3H3,(H,11,12,13,14). The molecule has 0 spiro atoms. The van der Waals surface area contributed by atoms with Crippen molar-refractivity contribution >= 4 is 11.2 Å². The number of rotatable bonds is 2. The Morgan fingerprint density at radius 2 is 2.21 bits per heavy atom. The van der Waals surface area contributed by atoms with Gasteiger partial charge in [-0.25, -0.2) is 4.98 Å². The fourth-order valence-electron chi connectivity index (χ4n) is 1.32. The minimum atomic E-state index is 0.159. The third-order valence-corrected chi connectivity index (χ3v) is 2.85. The van der Waals surface area contributed by atoms with E-state index in [9.17, 15) is 0 Å². The number of hydrogen-bond donors (Lipinski definition) is 1. The fourth-order valence-corrected chi connectivity index (χ4v) is 1.32. The predicted molar refractivity (Wildman–Crippen MR) is 55.0 cm³/mol. The molecule has 0 aliphatic heterocycles. The molecule has 4 nitrogen and oxygen atoms in total. The molecule has 2 aromatic heterocycles. The Bertz CT molecular complexity index is 444. The average Bonchev–Trinajstić information content (AvgIpc) is 2.64. The molecule has 0 aliphatic rings. The highest BCUT2D eigenvalue weighted by molar-refractivity contribution is 5.69. The molecule has 74 valence electrons. The van der Waals surface area contributed by atoms with E-state index in [1.54, 1.807) is 0 Å². The second-order valence-electron chi connectivity index (χ2n) is 4.14. The molecular formula is C10H14N4. The van der Waals surface area contributed by atoms with Gasteiger partial charge < -0.3 is 0 Å². The molecule has 0 aliphatic carbocycles. The van der Waals surface area contributed by atoms with Crippen LogP contribution in [0.5, 0.6) is 0 Å². The third kappa shape index (κ3) is 1.36. The molecule has 0 atom stereocenters. The van der Waals surface area contributed by atoms with Gasteiger partial charge in [-0.3, -0.25) is 5.10 Å². The van der Waals surface area contributed by atoms with Gasteiger partial charge in [0.1, 0.15) is 5.52 Å². The van der Waals surface area contributed by atoms with Crippen LogP contribution < -0.4 is 0 Å². The summed E-state index contributed by atoms with van der Waals surface area (Å²) in [5, 5.41) is 10.4. The Morgan fingerprint density at radius 1 is 1.43 bits per heavy atom. The van der Waals surface area contributed by atoms with Crippen molar-refractivity contribution in [2.45, 2.75) is 32.6 Å². The maximum absolute atomic E-state index is 4.25. The van der Waals surface area contributed by atoms with E-state index in [2.05, 4.69) is 47.2 Å². The van der Waals surface area contributed by atoms with Gasteiger partial charge in [0.05, 0.1) is 0 Å². The van der Waals surface area contributed by atoms with Crippen LogP contribution in [0.25, 0.3) is 11.2 Å². The zero-order valence-electron chi connectivity index (χ0n) is 8.70. The van der Waals surface area contributed by atoms with Crippen molar-refractivity contribution in [1.82, 2.24) is 20.4 Å². The minimum absolute atomic E-state index is 0.159. The SMILES string of the molecule is CCC(C)(C)c1cnc2nn[nH]c2c1. The van der Waals surface area contributed by atoms with Crippen molar-refractivity contribution in [2.75, 3.05) is 0 Å². The largest absolute Gasteiger partial charge is 0.256 e. The maximum Gasteiger partial charge on any atom is 0.201 e. The molecule has 0 radical (unpaired) electrons. The van der Waals surface area contributed by atoms with Gasteiger partial charge in [0.2, 0.25) is 5.65 Å². The first kappa shape index (κ1) is 9.12. The van der Waals surface area contributed by atoms with E-state index in [0.717, 1.165) is 11.9 Å². The summed E-state index contributed by atoms with van der Waals surface area (Å²) in [6.45, 7) is 6.59. The summed E-state index contributed by atoms with van der Waals surface area (Å²) in [7, 11) is 0. The number of aromatic amines is 1. The van der Waals surface area contributed by atoms with Crippen molar-refractivity contribution in [1.29, 1.82) is 0 Å². The second kappa shape index (κ2) is 3.04. The second-order valence-corrected chi connectivity index (χ2v) is 4.14. The summed E-state index contributed by atoms with van der Waals surface area (Å²) in [5.74, 6) is 0. The summed E-state index contributed by atoms with van der Waals surface area (Å²) in [6.07, 6.45) is 2.97. The molecule has 4 heteroatoms. The number of nitrogens with zero attached hydrogens (tertiary/aromatic N) is 3. The van der Waals surface area contributed by atoms with Crippen LogP contribution in [0.1, 0.15) is 32.8 Å². The number of fused-ring (bicyclic) bond motifs is 1. The van der Waals surface area contributed by atoms with Crippen LogP contribution in [0.3, 0.4) is 0 Å². The number of hydrogen-bond acceptors (Lipinski definition) is 3. The zero-order valence-corrected chi connectivity index (χ0v) is 8.70. The van der Waals surface area contributed by atoms with Gasteiger partial charge in [0.15, 0.2) is 0 Å². The van der Waals surface area contributed by atoms with Gasteiger partial charge in [-0.2, -0.15) is 0 Å². The molecule has 0 fully saturated rings. The van der Waals surface area contributed by atoms with Gasteiger partial charge >= 0.3 is 0 Å². The van der Waals surface area contributed by atoms with Crippen molar-refractivity contribution in [3.63, 3.8) is 0 Å². The minimum Gasteiger partial charge on any atom is -0.256 e. The van der Waals surface area contributed by atoms with E-state index in [-0.39, 0.29) is 5.41 Å². The number of nitrogens with one attached hydrogen (secondary N) is 1. The number of H-pyrrole nitrogens is 1. The number of aromatic nitrogens is 4. The van der Waals surface area contributed by atoms with Crippen LogP contribution in [0.4, 0.5) is 0 Å². The van der Waals surface area contributed by atoms with Gasteiger partial charge in [0.25, 0.3) is 0 Å². The van der Waals surface area contributed by atoms with E-state index >= 15 is 0 Å². The smallest absolute Gasteiger partial charge is 0.201 e. The monoisotopic (exact) mass is 190 g/mol. The van der Waals surface area contributed by atoms with E-state index in [4.69, 9.17) is 0 Å². The maximum atomic E-state index is 4.25. The van der Waals surface area contributed by atoms with E-state index in [1.165, 1.54) is 5.56 Å². The molecule has 0 saturated carbocycles. The first-order chi connectivity index (χ1) is 6.63. The van der Waals surface area contributed by atoms with Crippen LogP contribution >= 0.6 is 0 Å². The lowest BCUT2D eigenvalue weighted by Crippen LogP contribution is -2.15. The van der Waals surface area contributed by atoms with E-state index < -0.39 is 0 Å². The Balaban J connectivity index is 2.53. The Hall–Kier alpha value is -1.45. The molecule has 0 aromatic carbocycles. The third-order valence-electron chi connectivity index (χ3n) is 2.85. The highest BCUT2D eigenvalue weighted by Crippen LogP contribution is 2.26. The highest BCUT2D eigenvalue weighted by Gasteiger charge is 2.19. The molecule has 0 unspecified atom stereocenters. The molecule has 14 heavy (non-hydrogen) atoms. The quantitative estimate of drug-likeness (QED) is 0.788. The fraction of sp³-hybridized carbons (Fsp3) is 0.500. The molecule has 0 saturated heterocycles. The van der Waals surface area contributed by atoms with Crippen molar-refractivity contribution < 1.29 is 0 Å². The van der Waals surface area contributed by atoms with Crippen LogP contribution in [-0.4, -0.2) is 20.4 Å². The summed E-state index contributed by atoms with van der Waals surface area (Å²) >= 11 is 0. The Labute approximate surface area is 82.7 Å². The molecule has 2 heterocycles. The van der Waals surface area contributed by atoms with Gasteiger partial charge in [-0.1, -0.05) is 26.0 Å². The van der Waals surface area contributed by atoms with Crippen LogP contribution in [0, 0.1) is 0 Å². The van der Waals surface area contributed by atoms with Crippen molar-refractivity contribution in [2.24, 2.45) is 0 Å². The molecule has 1 N–H and O–H groups in total. The number of pyridine rings is 1. The van der Waals surface area contributed by atoms with Gasteiger partial charge in [-0.05, 0) is 23.5 Å². The summed E-state index contributed by atoms with van der Waals surface area (Å²) in [5.41, 5.74) is 2.97. The Morgan fingerprint density at radius 3 is 2.93 bits per heavy atom. The predicted octanol–water partition coefficient (Wildman–Crippen LogP) is 2.04. The molecular weight excluding hydrogens is 176 g/mol. The lowest BCUT2D eigenvalue weighted by atomic mass is 9.83. The van der Waals surface area contributed by atoms with Gasteiger partial charge in [0, 0.05) is 6.20 Å². The lowest BCUT2D eigenvalue weighted by molar-refractivity contribution is 0.505. The first-order valence-electron chi connectivity index (χ1n) is 4.81. The van der Waals surface area contributed by atoms with E-state index in [0.29, 0.717) is 5.65 Å². The normalized spacial score (nSPS) is 12.2. The summed E-state index contributed by atoms with van der Waals surface area (Å²) in [4.78, 5) is 4.25. The lowest BCUT2D eigenvalue weighted by Gasteiger charge is -2.22. The van der Waals surface area contributed by atoms with Gasteiger partial charge in [-0.15, -0.1) is 5.10 Å². The molecule has 2 rings (SSSR count). The van der Waals surface area contributed by atoms with Crippen LogP contribution in [0.15, 0.2) is 12.3 Å². The molecule has 0 bridgehead atoms. The molecule has 0 amide bonds. The summed E-state index contributed by atoms with van der Waals surface area (Å²) < 4.78 is 0. The zero-order chi connectivity index (χ0) is 10.2. The topological polar surface area (TPSA) is 54.5 Å². The molecule has 2 aromatic rings. The summed E-state index contributed by atoms with van der Waals surface area (Å²) in [6, 6.07) is 2.08. The van der Waals surface area contributed by atoms with Crippen LogP contribution in [-0.2, 0) is 5.41 Å².